The van der Waals surface area contributed by atoms with Crippen LogP contribution in [0.4, 0.5) is 0 Å². The molecule has 1 amide bonds. The summed E-state index contributed by atoms with van der Waals surface area (Å²) in [5, 5.41) is 0. The smallest absolute Gasteiger partial charge is 0.261 e. The van der Waals surface area contributed by atoms with Gasteiger partial charge in [0.1, 0.15) is 0 Å². The molecule has 0 fully saturated rings. The minimum absolute atomic E-state index is 0.0231. The summed E-state index contributed by atoms with van der Waals surface area (Å²) in [4.78, 5) is 14.1. The van der Waals surface area contributed by atoms with E-state index in [1.54, 1.807) is 31.1 Å². The second-order valence-electron chi connectivity index (χ2n) is 5.00. The van der Waals surface area contributed by atoms with E-state index in [9.17, 15) is 13.2 Å². The first-order valence-electron chi connectivity index (χ1n) is 6.53. The van der Waals surface area contributed by atoms with Crippen molar-refractivity contribution in [3.63, 3.8) is 0 Å². The van der Waals surface area contributed by atoms with Crippen molar-refractivity contribution in [1.82, 2.24) is 4.90 Å². The predicted molar refractivity (Wildman–Crippen MR) is 82.3 cm³/mol. The Kier molecular flexibility index (Phi) is 6.19. The standard InChI is InChI=1S/C14H20ClNO4S/c1-10(2)16(7-8-20-4)14(17)12-6-5-11(3)13(9-12)21(15,18)19/h5-6,9-10H,7-8H2,1-4H3. The van der Waals surface area contributed by atoms with Crippen molar-refractivity contribution in [2.75, 3.05) is 20.3 Å². The van der Waals surface area contributed by atoms with Gasteiger partial charge in [0.2, 0.25) is 0 Å². The number of amides is 1. The Morgan fingerprint density at radius 1 is 1.38 bits per heavy atom. The van der Waals surface area contributed by atoms with Crippen LogP contribution in [0.2, 0.25) is 0 Å². The van der Waals surface area contributed by atoms with E-state index in [-0.39, 0.29) is 16.8 Å². The lowest BCUT2D eigenvalue weighted by Gasteiger charge is -2.26. The van der Waals surface area contributed by atoms with Crippen LogP contribution in [0.15, 0.2) is 23.1 Å². The SMILES string of the molecule is COCCN(C(=O)c1ccc(C)c(S(=O)(=O)Cl)c1)C(C)C. The van der Waals surface area contributed by atoms with Crippen LogP contribution in [-0.4, -0.2) is 45.5 Å². The molecule has 0 atom stereocenters. The highest BCUT2D eigenvalue weighted by atomic mass is 35.7. The van der Waals surface area contributed by atoms with E-state index in [1.165, 1.54) is 6.07 Å². The number of hydrogen-bond donors (Lipinski definition) is 0. The molecule has 1 aromatic rings. The fraction of sp³-hybridized carbons (Fsp3) is 0.500. The molecule has 118 valence electrons. The van der Waals surface area contributed by atoms with E-state index in [0.29, 0.717) is 24.3 Å². The van der Waals surface area contributed by atoms with Gasteiger partial charge in [0.15, 0.2) is 0 Å². The largest absolute Gasteiger partial charge is 0.383 e. The van der Waals surface area contributed by atoms with Gasteiger partial charge in [0.05, 0.1) is 11.5 Å². The topological polar surface area (TPSA) is 63.7 Å². The number of carbonyl (C=O) groups excluding carboxylic acids is 1. The average Bonchev–Trinajstić information content (AvgIpc) is 2.37. The normalized spacial score (nSPS) is 11.7. The van der Waals surface area contributed by atoms with Crippen LogP contribution in [0.25, 0.3) is 0 Å². The Bertz CT molecular complexity index is 613. The zero-order valence-corrected chi connectivity index (χ0v) is 14.2. The maximum Gasteiger partial charge on any atom is 0.261 e. The van der Waals surface area contributed by atoms with Crippen LogP contribution in [0.1, 0.15) is 29.8 Å². The first-order chi connectivity index (χ1) is 9.68. The molecule has 0 bridgehead atoms. The molecule has 0 heterocycles. The van der Waals surface area contributed by atoms with Crippen LogP contribution in [-0.2, 0) is 13.8 Å². The lowest BCUT2D eigenvalue weighted by atomic mass is 10.1. The summed E-state index contributed by atoms with van der Waals surface area (Å²) in [5.74, 6) is -0.247. The summed E-state index contributed by atoms with van der Waals surface area (Å²) < 4.78 is 28.0. The molecule has 1 rings (SSSR count). The molecule has 0 saturated carbocycles. The lowest BCUT2D eigenvalue weighted by Crippen LogP contribution is -2.39. The van der Waals surface area contributed by atoms with Gasteiger partial charge in [-0.15, -0.1) is 0 Å². The molecule has 0 spiro atoms. The van der Waals surface area contributed by atoms with Crippen LogP contribution in [0.5, 0.6) is 0 Å². The Morgan fingerprint density at radius 3 is 2.48 bits per heavy atom. The number of hydrogen-bond acceptors (Lipinski definition) is 4. The van der Waals surface area contributed by atoms with E-state index in [4.69, 9.17) is 15.4 Å². The van der Waals surface area contributed by atoms with Gasteiger partial charge >= 0.3 is 0 Å². The second-order valence-corrected chi connectivity index (χ2v) is 7.54. The van der Waals surface area contributed by atoms with Gasteiger partial charge in [0, 0.05) is 35.9 Å². The van der Waals surface area contributed by atoms with Gasteiger partial charge in [-0.25, -0.2) is 8.42 Å². The van der Waals surface area contributed by atoms with E-state index in [2.05, 4.69) is 0 Å². The fourth-order valence-corrected chi connectivity index (χ4v) is 3.16. The van der Waals surface area contributed by atoms with E-state index >= 15 is 0 Å². The Morgan fingerprint density at radius 2 is 2.00 bits per heavy atom. The molecule has 0 aromatic heterocycles. The average molecular weight is 334 g/mol. The van der Waals surface area contributed by atoms with Crippen molar-refractivity contribution < 1.29 is 17.9 Å². The van der Waals surface area contributed by atoms with Crippen molar-refractivity contribution in [1.29, 1.82) is 0 Å². The van der Waals surface area contributed by atoms with Crippen LogP contribution in [0.3, 0.4) is 0 Å². The van der Waals surface area contributed by atoms with Crippen molar-refractivity contribution in [2.24, 2.45) is 0 Å². The van der Waals surface area contributed by atoms with Crippen LogP contribution >= 0.6 is 10.7 Å². The molecule has 0 unspecified atom stereocenters. The summed E-state index contributed by atoms with van der Waals surface area (Å²) in [5.41, 5.74) is 0.805. The molecule has 0 aliphatic heterocycles. The fourth-order valence-electron chi connectivity index (χ4n) is 1.95. The summed E-state index contributed by atoms with van der Waals surface area (Å²) >= 11 is 0. The summed E-state index contributed by atoms with van der Waals surface area (Å²) in [6, 6.07) is 4.48. The molecule has 0 radical (unpaired) electrons. The molecule has 1 aromatic carbocycles. The number of carbonyl (C=O) groups is 1. The number of methoxy groups -OCH3 is 1. The zero-order valence-electron chi connectivity index (χ0n) is 12.6. The highest BCUT2D eigenvalue weighted by molar-refractivity contribution is 8.13. The van der Waals surface area contributed by atoms with Gasteiger partial charge in [0.25, 0.3) is 15.0 Å². The van der Waals surface area contributed by atoms with E-state index < -0.39 is 9.05 Å². The van der Waals surface area contributed by atoms with Gasteiger partial charge in [-0.1, -0.05) is 6.07 Å². The van der Waals surface area contributed by atoms with Crippen LogP contribution in [0, 0.1) is 6.92 Å². The number of aryl methyl sites for hydroxylation is 1. The molecular formula is C14H20ClNO4S. The van der Waals surface area contributed by atoms with Crippen molar-refractivity contribution in [3.05, 3.63) is 29.3 Å². The minimum atomic E-state index is -3.88. The van der Waals surface area contributed by atoms with Crippen molar-refractivity contribution >= 4 is 25.6 Å². The summed E-state index contributed by atoms with van der Waals surface area (Å²) in [6.45, 7) is 6.26. The molecule has 7 heteroatoms. The Labute approximate surface area is 130 Å². The molecule has 21 heavy (non-hydrogen) atoms. The number of halogens is 1. The lowest BCUT2D eigenvalue weighted by molar-refractivity contribution is 0.0634. The maximum atomic E-state index is 12.5. The number of ether oxygens (including phenoxy) is 1. The summed E-state index contributed by atoms with van der Waals surface area (Å²) in [7, 11) is 3.08. The monoisotopic (exact) mass is 333 g/mol. The third-order valence-corrected chi connectivity index (χ3v) is 4.58. The molecule has 0 aliphatic rings. The Hall–Kier alpha value is -1.11. The highest BCUT2D eigenvalue weighted by Crippen LogP contribution is 2.22. The highest BCUT2D eigenvalue weighted by Gasteiger charge is 2.21. The van der Waals surface area contributed by atoms with E-state index in [1.807, 2.05) is 13.8 Å². The molecular weight excluding hydrogens is 314 g/mol. The predicted octanol–water partition coefficient (Wildman–Crippen LogP) is 2.42. The first kappa shape index (κ1) is 17.9. The molecule has 0 saturated heterocycles. The van der Waals surface area contributed by atoms with Gasteiger partial charge in [-0.05, 0) is 38.5 Å². The second kappa shape index (κ2) is 7.24. The first-order valence-corrected chi connectivity index (χ1v) is 8.84. The van der Waals surface area contributed by atoms with Gasteiger partial charge in [-0.3, -0.25) is 4.79 Å². The quantitative estimate of drug-likeness (QED) is 0.750. The molecule has 5 nitrogen and oxygen atoms in total. The number of rotatable bonds is 6. The third kappa shape index (κ3) is 4.69. The third-order valence-electron chi connectivity index (χ3n) is 3.12. The van der Waals surface area contributed by atoms with Crippen LogP contribution < -0.4 is 0 Å². The molecule has 0 aliphatic carbocycles. The van der Waals surface area contributed by atoms with Gasteiger partial charge in [-0.2, -0.15) is 0 Å². The minimum Gasteiger partial charge on any atom is -0.383 e. The molecule has 0 N–H and O–H groups in total. The van der Waals surface area contributed by atoms with Gasteiger partial charge < -0.3 is 9.64 Å². The number of nitrogens with zero attached hydrogens (tertiary/aromatic N) is 1. The number of benzene rings is 1. The van der Waals surface area contributed by atoms with E-state index in [0.717, 1.165) is 0 Å². The van der Waals surface area contributed by atoms with Crippen molar-refractivity contribution in [2.45, 2.75) is 31.7 Å². The summed E-state index contributed by atoms with van der Waals surface area (Å²) in [6.07, 6.45) is 0. The van der Waals surface area contributed by atoms with Crippen molar-refractivity contribution in [3.8, 4) is 0 Å². The maximum absolute atomic E-state index is 12.5. The Balaban J connectivity index is 3.17. The zero-order chi connectivity index (χ0) is 16.2.